The SMILES string of the molecule is CSCC[C@H](NC(=O)[C@@H](CC(C)C)NC(=O)CNC(=O)[C@@H](Cc1ccccc1)NC(=O)[C@@H](Cc1ccccc1)NC(=O)[C@H](CCC(N)=O)NC(=O)[C@@H](CCC(N)=O)NC(=O)[C@H]1CCCN1C(=O)[C@@H](CCCCN)NC(=O)[C@@H]1CCCN1C(=O)[C@H](N)CCCN=C(N)N)C(N)=O. The highest BCUT2D eigenvalue weighted by atomic mass is 32.2. The summed E-state index contributed by atoms with van der Waals surface area (Å²) in [6.45, 7) is 3.86. The van der Waals surface area contributed by atoms with E-state index in [-0.39, 0.29) is 83.0 Å². The van der Waals surface area contributed by atoms with Gasteiger partial charge in [-0.2, -0.15) is 11.8 Å². The fraction of sp³-hybridized carbons (Fsp3) is 0.587. The summed E-state index contributed by atoms with van der Waals surface area (Å²) in [5, 5.41) is 21.1. The van der Waals surface area contributed by atoms with E-state index in [0.717, 1.165) is 0 Å². The minimum atomic E-state index is -1.64. The quantitative estimate of drug-likeness (QED) is 0.0173. The number of nitrogens with one attached hydrogen (secondary N) is 8. The molecule has 32 heteroatoms. The Labute approximate surface area is 558 Å². The molecule has 0 unspecified atom stereocenters. The van der Waals surface area contributed by atoms with Gasteiger partial charge in [0.05, 0.1) is 12.6 Å². The molecule has 524 valence electrons. The third-order valence-corrected chi connectivity index (χ3v) is 16.7. The Morgan fingerprint density at radius 2 is 1.01 bits per heavy atom. The molecule has 0 spiro atoms. The molecule has 10 atom stereocenters. The van der Waals surface area contributed by atoms with Gasteiger partial charge in [0, 0.05) is 45.3 Å². The first-order chi connectivity index (χ1) is 45.2. The summed E-state index contributed by atoms with van der Waals surface area (Å²) < 4.78 is 0. The lowest BCUT2D eigenvalue weighted by molar-refractivity contribution is -0.144. The van der Waals surface area contributed by atoms with Crippen LogP contribution < -0.4 is 82.7 Å². The van der Waals surface area contributed by atoms with Crippen molar-refractivity contribution >= 4 is 94.5 Å². The second kappa shape index (κ2) is 41.0. The van der Waals surface area contributed by atoms with Crippen LogP contribution in [-0.2, 0) is 75.2 Å². The average molecular weight is 1350 g/mol. The molecule has 0 bridgehead atoms. The Morgan fingerprint density at radius 1 is 0.537 bits per heavy atom. The van der Waals surface area contributed by atoms with Crippen LogP contribution in [0.15, 0.2) is 65.7 Å². The van der Waals surface area contributed by atoms with Crippen LogP contribution in [0.1, 0.15) is 121 Å². The number of carbonyl (C=O) groups is 13. The Balaban J connectivity index is 1.56. The lowest BCUT2D eigenvalue weighted by Gasteiger charge is -2.32. The van der Waals surface area contributed by atoms with Gasteiger partial charge in [0.25, 0.3) is 0 Å². The van der Waals surface area contributed by atoms with Crippen LogP contribution >= 0.6 is 11.8 Å². The maximum atomic E-state index is 14.7. The highest BCUT2D eigenvalue weighted by molar-refractivity contribution is 7.98. The van der Waals surface area contributed by atoms with Crippen LogP contribution in [0.4, 0.5) is 0 Å². The number of unbranched alkanes of at least 4 members (excludes halogenated alkanes) is 1. The number of hydrogen-bond acceptors (Lipinski definition) is 17. The molecule has 4 rings (SSSR count). The summed E-state index contributed by atoms with van der Waals surface area (Å²) in [7, 11) is 0. The first-order valence-corrected chi connectivity index (χ1v) is 33.6. The van der Waals surface area contributed by atoms with Crippen molar-refractivity contribution in [1.29, 1.82) is 0 Å². The van der Waals surface area contributed by atoms with Crippen molar-refractivity contribution in [2.24, 2.45) is 51.0 Å². The number of hydrogen-bond donors (Lipinski definition) is 15. The summed E-state index contributed by atoms with van der Waals surface area (Å²) in [6, 6.07) is 4.51. The smallest absolute Gasteiger partial charge is 0.245 e. The van der Waals surface area contributed by atoms with Crippen molar-refractivity contribution in [3.8, 4) is 0 Å². The molecular formula is C63H98N18O13S. The Morgan fingerprint density at radius 3 is 1.51 bits per heavy atom. The zero-order valence-electron chi connectivity index (χ0n) is 54.5. The molecular weight excluding hydrogens is 1250 g/mol. The van der Waals surface area contributed by atoms with Gasteiger partial charge in [0.1, 0.15) is 54.4 Å². The van der Waals surface area contributed by atoms with Gasteiger partial charge < -0.3 is 92.5 Å². The molecule has 2 heterocycles. The molecule has 0 radical (unpaired) electrons. The predicted octanol–water partition coefficient (Wildman–Crippen LogP) is -3.71. The zero-order chi connectivity index (χ0) is 70.1. The maximum Gasteiger partial charge on any atom is 0.245 e. The van der Waals surface area contributed by atoms with Gasteiger partial charge in [-0.25, -0.2) is 0 Å². The van der Waals surface area contributed by atoms with E-state index in [1.54, 1.807) is 60.7 Å². The van der Waals surface area contributed by atoms with Crippen molar-refractivity contribution in [1.82, 2.24) is 52.3 Å². The predicted molar refractivity (Wildman–Crippen MR) is 356 cm³/mol. The van der Waals surface area contributed by atoms with Crippen LogP contribution in [0, 0.1) is 5.92 Å². The number of thioether (sulfide) groups is 1. The summed E-state index contributed by atoms with van der Waals surface area (Å²) in [5.74, 6) is -9.80. The minimum Gasteiger partial charge on any atom is -0.370 e. The number of nitrogens with two attached hydrogens (primary N) is 7. The molecule has 2 aromatic carbocycles. The van der Waals surface area contributed by atoms with Crippen molar-refractivity contribution in [3.63, 3.8) is 0 Å². The summed E-state index contributed by atoms with van der Waals surface area (Å²) in [6.07, 6.45) is 3.12. The molecule has 2 aliphatic rings. The van der Waals surface area contributed by atoms with E-state index in [1.807, 2.05) is 20.1 Å². The molecule has 2 aliphatic heterocycles. The first kappa shape index (κ1) is 78.5. The number of benzene rings is 2. The summed E-state index contributed by atoms with van der Waals surface area (Å²) in [4.78, 5) is 185. The van der Waals surface area contributed by atoms with Gasteiger partial charge in [-0.1, -0.05) is 74.5 Å². The van der Waals surface area contributed by atoms with Crippen LogP contribution in [0.2, 0.25) is 0 Å². The molecule has 2 aromatic rings. The number of aliphatic imine (C=N–C) groups is 1. The Kier molecular flexibility index (Phi) is 33.9. The number of rotatable bonds is 42. The van der Waals surface area contributed by atoms with E-state index in [4.69, 9.17) is 40.1 Å². The fourth-order valence-corrected chi connectivity index (χ4v) is 11.5. The number of nitrogens with zero attached hydrogens (tertiary/aromatic N) is 3. The highest BCUT2D eigenvalue weighted by Gasteiger charge is 2.42. The average Bonchev–Trinajstić information content (AvgIpc) is 1.74. The molecule has 13 amide bonds. The molecule has 22 N–H and O–H groups in total. The van der Waals surface area contributed by atoms with E-state index in [2.05, 4.69) is 47.5 Å². The first-order valence-electron chi connectivity index (χ1n) is 32.2. The van der Waals surface area contributed by atoms with Crippen molar-refractivity contribution in [3.05, 3.63) is 71.8 Å². The van der Waals surface area contributed by atoms with E-state index in [9.17, 15) is 62.3 Å². The zero-order valence-corrected chi connectivity index (χ0v) is 55.3. The van der Waals surface area contributed by atoms with Crippen LogP contribution in [0.3, 0.4) is 0 Å². The molecule has 0 aromatic heterocycles. The van der Waals surface area contributed by atoms with Gasteiger partial charge in [-0.15, -0.1) is 0 Å². The molecule has 31 nitrogen and oxygen atoms in total. The minimum absolute atomic E-state index is 0.0736. The number of guanidine groups is 1. The van der Waals surface area contributed by atoms with E-state index < -0.39 is 169 Å². The lowest BCUT2D eigenvalue weighted by Crippen LogP contribution is -2.60. The summed E-state index contributed by atoms with van der Waals surface area (Å²) >= 11 is 1.45. The number of primary amides is 3. The van der Waals surface area contributed by atoms with Crippen molar-refractivity contribution < 1.29 is 62.3 Å². The Bertz CT molecular complexity index is 2960. The third-order valence-electron chi connectivity index (χ3n) is 16.0. The summed E-state index contributed by atoms with van der Waals surface area (Å²) in [5.41, 5.74) is 40.6. The number of amides is 13. The second-order valence-electron chi connectivity index (χ2n) is 24.1. The van der Waals surface area contributed by atoms with Crippen LogP contribution in [-0.4, -0.2) is 198 Å². The maximum absolute atomic E-state index is 14.7. The number of carbonyl (C=O) groups excluding carboxylic acids is 13. The molecule has 2 saturated heterocycles. The van der Waals surface area contributed by atoms with Crippen molar-refractivity contribution in [2.75, 3.05) is 44.7 Å². The lowest BCUT2D eigenvalue weighted by atomic mass is 10.0. The highest BCUT2D eigenvalue weighted by Crippen LogP contribution is 2.24. The topological polar surface area (TPSA) is 519 Å². The van der Waals surface area contributed by atoms with Crippen LogP contribution in [0.25, 0.3) is 0 Å². The standard InChI is InChI=1S/C63H98N18O13S/c1-37(2)33-45(57(89)74-41(53(68)85)27-32-95-3)73-52(84)36-72-54(86)46(34-38-15-6-4-7-16-38)78-58(90)47(35-39-17-8-5-9-18-39)79-56(88)42(23-25-50(66)82)75-55(87)43(24-26-51(67)83)76-59(91)49-22-14-31-81(49)62(94)44(20-10-11-28-64)77-60(92)48-21-13-30-80(48)61(93)40(65)19-12-29-71-63(69)70/h4-9,15-18,37,40-49H,10-14,19-36,64-65H2,1-3H3,(H2,66,82)(H2,67,83)(H2,68,85)(H,72,86)(H,73,84)(H,74,89)(H,75,87)(H,76,91)(H,77,92)(H,78,90)(H,79,88)(H4,69,70,71)/t40-,41+,42+,43-,44-,45-,46-,47-,48+,49-/m1/s1. The molecule has 2 fully saturated rings. The fourth-order valence-electron chi connectivity index (χ4n) is 11.0. The second-order valence-corrected chi connectivity index (χ2v) is 25.1. The molecule has 95 heavy (non-hydrogen) atoms. The van der Waals surface area contributed by atoms with Gasteiger partial charge in [0.15, 0.2) is 5.96 Å². The largest absolute Gasteiger partial charge is 0.370 e. The van der Waals surface area contributed by atoms with Crippen LogP contribution in [0.5, 0.6) is 0 Å². The monoisotopic (exact) mass is 1350 g/mol. The molecule has 0 saturated carbocycles. The Hall–Kier alpha value is -8.91. The third kappa shape index (κ3) is 27.5. The normalized spacial score (nSPS) is 16.8. The van der Waals surface area contributed by atoms with Gasteiger partial charge >= 0.3 is 0 Å². The van der Waals surface area contributed by atoms with Gasteiger partial charge in [0.2, 0.25) is 76.8 Å². The van der Waals surface area contributed by atoms with Gasteiger partial charge in [-0.3, -0.25) is 67.3 Å². The van der Waals surface area contributed by atoms with Crippen molar-refractivity contribution in [2.45, 2.75) is 183 Å². The molecule has 0 aliphatic carbocycles. The van der Waals surface area contributed by atoms with E-state index >= 15 is 0 Å². The number of likely N-dealkylation sites (tertiary alicyclic amines) is 2. The van der Waals surface area contributed by atoms with E-state index in [0.29, 0.717) is 55.4 Å². The van der Waals surface area contributed by atoms with Gasteiger partial charge in [-0.05, 0) is 119 Å². The van der Waals surface area contributed by atoms with E-state index in [1.165, 1.54) is 21.6 Å².